The van der Waals surface area contributed by atoms with Gasteiger partial charge in [-0.15, -0.1) is 0 Å². The summed E-state index contributed by atoms with van der Waals surface area (Å²) in [5, 5.41) is 8.94. The molecule has 2 rings (SSSR count). The maximum atomic E-state index is 11.4. The summed E-state index contributed by atoms with van der Waals surface area (Å²) >= 11 is 0. The highest BCUT2D eigenvalue weighted by Crippen LogP contribution is 2.10. The summed E-state index contributed by atoms with van der Waals surface area (Å²) < 4.78 is 0. The van der Waals surface area contributed by atoms with E-state index >= 15 is 0 Å². The first-order chi connectivity index (χ1) is 7.08. The van der Waals surface area contributed by atoms with E-state index in [0.29, 0.717) is 5.52 Å². The Kier molecular flexibility index (Phi) is 1.89. The van der Waals surface area contributed by atoms with E-state index in [9.17, 15) is 9.59 Å². The van der Waals surface area contributed by atoms with Crippen molar-refractivity contribution in [3.63, 3.8) is 0 Å². The number of aromatic carboxylic acids is 1. The number of rotatable bonds is 1. The number of carboxylic acids is 1. The molecule has 1 aromatic heterocycles. The summed E-state index contributed by atoms with van der Waals surface area (Å²) in [5.41, 5.74) is 5.31. The number of anilines is 1. The molecule has 76 valence electrons. The predicted octanol–water partition coefficient (Wildman–Crippen LogP) is 0.203. The standard InChI is InChI=1S/C9H7N3O3/c10-9-11-6-2-1-4(8(14)15)3-5(6)7(13)12-9/h1-3H,(H,14,15)(H3,10,11,12,13). The molecule has 0 spiro atoms. The number of nitrogens with one attached hydrogen (secondary N) is 1. The van der Waals surface area contributed by atoms with E-state index in [1.165, 1.54) is 18.2 Å². The lowest BCUT2D eigenvalue weighted by molar-refractivity contribution is 0.0697. The summed E-state index contributed by atoms with van der Waals surface area (Å²) in [6.45, 7) is 0. The minimum absolute atomic E-state index is 0.00979. The number of H-pyrrole nitrogens is 1. The van der Waals surface area contributed by atoms with Gasteiger partial charge in [0.2, 0.25) is 5.95 Å². The van der Waals surface area contributed by atoms with Crippen molar-refractivity contribution in [2.45, 2.75) is 0 Å². The fourth-order valence-electron chi connectivity index (χ4n) is 1.29. The van der Waals surface area contributed by atoms with Crippen LogP contribution in [0.1, 0.15) is 10.4 Å². The smallest absolute Gasteiger partial charge is 0.335 e. The summed E-state index contributed by atoms with van der Waals surface area (Å²) in [6.07, 6.45) is 0. The Hall–Kier alpha value is -2.37. The van der Waals surface area contributed by atoms with E-state index in [4.69, 9.17) is 10.8 Å². The SMILES string of the molecule is Nc1nc2ccc(C(=O)O)cc2c(=O)[nH]1. The van der Waals surface area contributed by atoms with Crippen LogP contribution >= 0.6 is 0 Å². The first-order valence-corrected chi connectivity index (χ1v) is 4.11. The number of benzene rings is 1. The van der Waals surface area contributed by atoms with E-state index in [1.807, 2.05) is 0 Å². The third kappa shape index (κ3) is 1.52. The topological polar surface area (TPSA) is 109 Å². The summed E-state index contributed by atoms with van der Waals surface area (Å²) in [5.74, 6) is -1.08. The quantitative estimate of drug-likeness (QED) is 0.616. The molecule has 0 unspecified atom stereocenters. The molecular formula is C9H7N3O3. The van der Waals surface area contributed by atoms with Crippen LogP contribution in [0.5, 0.6) is 0 Å². The molecule has 0 bridgehead atoms. The van der Waals surface area contributed by atoms with Crippen LogP contribution in [-0.2, 0) is 0 Å². The Morgan fingerprint density at radius 3 is 2.87 bits per heavy atom. The molecule has 0 atom stereocenters. The molecule has 2 aromatic rings. The minimum atomic E-state index is -1.09. The number of carboxylic acid groups (broad SMARTS) is 1. The Balaban J connectivity index is 2.83. The van der Waals surface area contributed by atoms with Crippen LogP contribution in [0.15, 0.2) is 23.0 Å². The normalized spacial score (nSPS) is 10.4. The highest BCUT2D eigenvalue weighted by Gasteiger charge is 2.07. The number of nitrogens with zero attached hydrogens (tertiary/aromatic N) is 1. The van der Waals surface area contributed by atoms with Crippen LogP contribution < -0.4 is 11.3 Å². The Morgan fingerprint density at radius 2 is 2.20 bits per heavy atom. The van der Waals surface area contributed by atoms with Gasteiger partial charge < -0.3 is 10.8 Å². The van der Waals surface area contributed by atoms with Crippen LogP contribution in [0.3, 0.4) is 0 Å². The Labute approximate surface area is 83.4 Å². The average molecular weight is 205 g/mol. The molecule has 15 heavy (non-hydrogen) atoms. The van der Waals surface area contributed by atoms with Crippen molar-refractivity contribution in [3.8, 4) is 0 Å². The van der Waals surface area contributed by atoms with Crippen LogP contribution in [0, 0.1) is 0 Å². The molecule has 0 aliphatic rings. The van der Waals surface area contributed by atoms with Gasteiger partial charge in [0.05, 0.1) is 16.5 Å². The largest absolute Gasteiger partial charge is 0.478 e. The van der Waals surface area contributed by atoms with Crippen molar-refractivity contribution in [2.24, 2.45) is 0 Å². The lowest BCUT2D eigenvalue weighted by atomic mass is 10.1. The van der Waals surface area contributed by atoms with Crippen LogP contribution in [-0.4, -0.2) is 21.0 Å². The molecule has 0 radical (unpaired) electrons. The van der Waals surface area contributed by atoms with Crippen molar-refractivity contribution in [2.75, 3.05) is 5.73 Å². The molecule has 0 aliphatic heterocycles. The zero-order valence-corrected chi connectivity index (χ0v) is 7.52. The van der Waals surface area contributed by atoms with E-state index in [-0.39, 0.29) is 16.9 Å². The van der Waals surface area contributed by atoms with E-state index in [2.05, 4.69) is 9.97 Å². The number of aromatic amines is 1. The maximum absolute atomic E-state index is 11.4. The van der Waals surface area contributed by atoms with Gasteiger partial charge >= 0.3 is 5.97 Å². The van der Waals surface area contributed by atoms with Gasteiger partial charge in [-0.1, -0.05) is 0 Å². The third-order valence-corrected chi connectivity index (χ3v) is 1.97. The van der Waals surface area contributed by atoms with E-state index in [0.717, 1.165) is 0 Å². The molecule has 0 amide bonds. The van der Waals surface area contributed by atoms with Crippen LogP contribution in [0.25, 0.3) is 10.9 Å². The molecule has 4 N–H and O–H groups in total. The number of aromatic nitrogens is 2. The average Bonchev–Trinajstić information content (AvgIpc) is 2.16. The van der Waals surface area contributed by atoms with Crippen molar-refractivity contribution in [1.82, 2.24) is 9.97 Å². The second-order valence-corrected chi connectivity index (χ2v) is 2.99. The lowest BCUT2D eigenvalue weighted by Gasteiger charge is -1.99. The van der Waals surface area contributed by atoms with Gasteiger partial charge in [0.15, 0.2) is 0 Å². The fraction of sp³-hybridized carbons (Fsp3) is 0. The van der Waals surface area contributed by atoms with Crippen molar-refractivity contribution in [1.29, 1.82) is 0 Å². The monoisotopic (exact) mass is 205 g/mol. The maximum Gasteiger partial charge on any atom is 0.335 e. The van der Waals surface area contributed by atoms with Gasteiger partial charge in [0, 0.05) is 0 Å². The minimum Gasteiger partial charge on any atom is -0.478 e. The number of hydrogen-bond acceptors (Lipinski definition) is 4. The molecule has 1 aromatic carbocycles. The zero-order chi connectivity index (χ0) is 11.0. The van der Waals surface area contributed by atoms with Gasteiger partial charge in [0.1, 0.15) is 0 Å². The summed E-state index contributed by atoms with van der Waals surface area (Å²) in [6, 6.07) is 4.09. The third-order valence-electron chi connectivity index (χ3n) is 1.97. The molecule has 0 fully saturated rings. The van der Waals surface area contributed by atoms with Gasteiger partial charge in [-0.25, -0.2) is 9.78 Å². The Bertz CT molecular complexity index is 603. The fourth-order valence-corrected chi connectivity index (χ4v) is 1.29. The van der Waals surface area contributed by atoms with Gasteiger partial charge in [-0.05, 0) is 18.2 Å². The molecule has 6 nitrogen and oxygen atoms in total. The predicted molar refractivity (Wildman–Crippen MR) is 53.7 cm³/mol. The van der Waals surface area contributed by atoms with Crippen LogP contribution in [0.4, 0.5) is 5.95 Å². The summed E-state index contributed by atoms with van der Waals surface area (Å²) in [7, 11) is 0. The van der Waals surface area contributed by atoms with Crippen molar-refractivity contribution < 1.29 is 9.90 Å². The van der Waals surface area contributed by atoms with Crippen molar-refractivity contribution >= 4 is 22.8 Å². The first-order valence-electron chi connectivity index (χ1n) is 4.11. The van der Waals surface area contributed by atoms with Gasteiger partial charge in [-0.3, -0.25) is 9.78 Å². The molecule has 0 aliphatic carbocycles. The molecule has 0 saturated carbocycles. The highest BCUT2D eigenvalue weighted by molar-refractivity contribution is 5.93. The number of carbonyl (C=O) groups is 1. The lowest BCUT2D eigenvalue weighted by Crippen LogP contribution is -2.12. The molecular weight excluding hydrogens is 198 g/mol. The van der Waals surface area contributed by atoms with Crippen molar-refractivity contribution in [3.05, 3.63) is 34.1 Å². The van der Waals surface area contributed by atoms with Gasteiger partial charge in [-0.2, -0.15) is 0 Å². The molecule has 6 heteroatoms. The number of hydrogen-bond donors (Lipinski definition) is 3. The number of nitrogens with two attached hydrogens (primary N) is 1. The van der Waals surface area contributed by atoms with E-state index in [1.54, 1.807) is 0 Å². The number of fused-ring (bicyclic) bond motifs is 1. The van der Waals surface area contributed by atoms with Crippen LogP contribution in [0.2, 0.25) is 0 Å². The second kappa shape index (κ2) is 3.09. The molecule has 0 saturated heterocycles. The first kappa shape index (κ1) is 9.20. The molecule has 1 heterocycles. The Morgan fingerprint density at radius 1 is 1.47 bits per heavy atom. The van der Waals surface area contributed by atoms with Gasteiger partial charge in [0.25, 0.3) is 5.56 Å². The highest BCUT2D eigenvalue weighted by atomic mass is 16.4. The van der Waals surface area contributed by atoms with E-state index < -0.39 is 11.5 Å². The second-order valence-electron chi connectivity index (χ2n) is 2.99. The zero-order valence-electron chi connectivity index (χ0n) is 7.52. The summed E-state index contributed by atoms with van der Waals surface area (Å²) in [4.78, 5) is 28.2. The number of nitrogen functional groups attached to an aromatic ring is 1.